The van der Waals surface area contributed by atoms with Crippen molar-refractivity contribution in [1.29, 1.82) is 0 Å². The Balaban J connectivity index is 0. The maximum absolute atomic E-state index is 3.25. The van der Waals surface area contributed by atoms with Gasteiger partial charge in [0, 0.05) is 0 Å². The Morgan fingerprint density at radius 2 is 1.33 bits per heavy atom. The van der Waals surface area contributed by atoms with Crippen LogP contribution in [-0.2, 0) is 20.0 Å². The Labute approximate surface area is 110 Å². The maximum atomic E-state index is 3.25. The minimum Gasteiger partial charge on any atom is -0.214 e. The number of hydrogen-bond acceptors (Lipinski definition) is 0. The number of aryl methyl sites for hydroxylation is 2. The van der Waals surface area contributed by atoms with E-state index in [1.807, 2.05) is 30.3 Å². The number of halogens is 1. The smallest absolute Gasteiger partial charge is 0.172 e. The summed E-state index contributed by atoms with van der Waals surface area (Å²) in [5.41, 5.74) is 2.78. The SMILES string of the molecule is Cc1c[cH-]cc1C.Cl.[CH2]=[Ti+2].c1cc[cH-]c1. The van der Waals surface area contributed by atoms with Crippen LogP contribution in [0.4, 0.5) is 0 Å². The van der Waals surface area contributed by atoms with Crippen LogP contribution in [0.25, 0.3) is 0 Å². The zero-order valence-corrected chi connectivity index (χ0v) is 11.6. The summed E-state index contributed by atoms with van der Waals surface area (Å²) in [5.74, 6) is 0. The molecule has 0 atom stereocenters. The predicted octanol–water partition coefficient (Wildman–Crippen LogP) is 3.81. The zero-order valence-electron chi connectivity index (χ0n) is 9.23. The minimum atomic E-state index is 0. The second-order valence-electron chi connectivity index (χ2n) is 2.85. The Bertz CT molecular complexity index is 275. The molecule has 0 aromatic heterocycles. The Morgan fingerprint density at radius 1 is 0.933 bits per heavy atom. The molecule has 0 amide bonds. The molecule has 0 fully saturated rings. The van der Waals surface area contributed by atoms with Crippen LogP contribution in [0, 0.1) is 13.8 Å². The van der Waals surface area contributed by atoms with E-state index in [0.717, 1.165) is 0 Å². The Kier molecular flexibility index (Phi) is 13.2. The molecule has 2 aromatic rings. The first-order valence-corrected chi connectivity index (χ1v) is 5.62. The fourth-order valence-electron chi connectivity index (χ4n) is 0.920. The molecular weight excluding hydrogens is 239 g/mol. The van der Waals surface area contributed by atoms with Crippen LogP contribution in [0.1, 0.15) is 11.1 Å². The van der Waals surface area contributed by atoms with Crippen molar-refractivity contribution in [3.8, 4) is 0 Å². The van der Waals surface area contributed by atoms with Crippen molar-refractivity contribution in [2.24, 2.45) is 0 Å². The third-order valence-electron chi connectivity index (χ3n) is 1.87. The second-order valence-corrected chi connectivity index (χ2v) is 2.85. The largest absolute Gasteiger partial charge is 0.214 e. The van der Waals surface area contributed by atoms with E-state index in [1.165, 1.54) is 11.1 Å². The molecule has 0 aliphatic rings. The summed E-state index contributed by atoms with van der Waals surface area (Å²) in [5, 5.41) is 0. The van der Waals surface area contributed by atoms with Crippen molar-refractivity contribution in [1.82, 2.24) is 0 Å². The Hall–Kier alpha value is -0.426. The normalized spacial score (nSPS) is 7.47. The molecule has 0 saturated heterocycles. The third-order valence-corrected chi connectivity index (χ3v) is 1.87. The Morgan fingerprint density at radius 3 is 1.47 bits per heavy atom. The van der Waals surface area contributed by atoms with E-state index < -0.39 is 0 Å². The summed E-state index contributed by atoms with van der Waals surface area (Å²) in [4.78, 5) is 3.25. The summed E-state index contributed by atoms with van der Waals surface area (Å²) in [6.45, 7) is 4.24. The first-order chi connectivity index (χ1) is 6.80. The molecule has 0 bridgehead atoms. The van der Waals surface area contributed by atoms with Gasteiger partial charge < -0.3 is 0 Å². The van der Waals surface area contributed by atoms with Gasteiger partial charge in [0.05, 0.1) is 0 Å². The van der Waals surface area contributed by atoms with Crippen molar-refractivity contribution in [3.63, 3.8) is 0 Å². The van der Waals surface area contributed by atoms with Crippen molar-refractivity contribution >= 4 is 17.2 Å². The zero-order chi connectivity index (χ0) is 10.8. The molecule has 0 radical (unpaired) electrons. The van der Waals surface area contributed by atoms with Gasteiger partial charge in [0.25, 0.3) is 0 Å². The summed E-state index contributed by atoms with van der Waals surface area (Å²) in [7, 11) is 0. The number of rotatable bonds is 0. The molecule has 0 aliphatic heterocycles. The van der Waals surface area contributed by atoms with Crippen molar-refractivity contribution in [2.75, 3.05) is 0 Å². The second kappa shape index (κ2) is 11.6. The molecule has 0 unspecified atom stereocenters. The molecule has 2 heteroatoms. The molecule has 0 heterocycles. The van der Waals surface area contributed by atoms with Gasteiger partial charge in [-0.2, -0.15) is 47.5 Å². The van der Waals surface area contributed by atoms with Crippen LogP contribution >= 0.6 is 12.4 Å². The molecule has 0 spiro atoms. The fraction of sp³-hybridized carbons (Fsp3) is 0.154. The standard InChI is InChI=1S/C7H9.C5H5.CH2.ClH.Ti/c1-6-4-3-5-7(6)2;1-2-4-5-3-1;;;/h3-5H,1-2H3;1-5H;1H2;1H;/q2*-1;;;+2. The topological polar surface area (TPSA) is 0 Å². The molecular formula is C13H17ClTi. The van der Waals surface area contributed by atoms with E-state index in [4.69, 9.17) is 0 Å². The molecule has 15 heavy (non-hydrogen) atoms. The van der Waals surface area contributed by atoms with Gasteiger partial charge in [0.2, 0.25) is 0 Å². The van der Waals surface area contributed by atoms with Gasteiger partial charge in [-0.05, 0) is 0 Å². The molecule has 80 valence electrons. The molecule has 0 saturated carbocycles. The molecule has 2 aromatic carbocycles. The monoisotopic (exact) mass is 256 g/mol. The van der Waals surface area contributed by atoms with E-state index in [0.29, 0.717) is 0 Å². The summed E-state index contributed by atoms with van der Waals surface area (Å²) < 4.78 is 0. The van der Waals surface area contributed by atoms with Gasteiger partial charge in [-0.25, -0.2) is 12.1 Å². The summed E-state index contributed by atoms with van der Waals surface area (Å²) in [6, 6.07) is 16.3. The van der Waals surface area contributed by atoms with Gasteiger partial charge in [-0.3, -0.25) is 0 Å². The van der Waals surface area contributed by atoms with Crippen LogP contribution in [0.5, 0.6) is 0 Å². The molecule has 0 aliphatic carbocycles. The minimum absolute atomic E-state index is 0. The summed E-state index contributed by atoms with van der Waals surface area (Å²) in [6.07, 6.45) is 0. The van der Waals surface area contributed by atoms with E-state index in [1.54, 1.807) is 20.0 Å². The van der Waals surface area contributed by atoms with Crippen LogP contribution in [0.15, 0.2) is 48.5 Å². The summed E-state index contributed by atoms with van der Waals surface area (Å²) >= 11 is 1.75. The van der Waals surface area contributed by atoms with E-state index in [-0.39, 0.29) is 12.4 Å². The van der Waals surface area contributed by atoms with Crippen molar-refractivity contribution in [2.45, 2.75) is 13.8 Å². The number of hydrogen-bond donors (Lipinski definition) is 0. The van der Waals surface area contributed by atoms with Crippen LogP contribution in [-0.4, -0.2) is 4.82 Å². The van der Waals surface area contributed by atoms with E-state index in [9.17, 15) is 0 Å². The quantitative estimate of drug-likeness (QED) is 0.497. The fourth-order valence-corrected chi connectivity index (χ4v) is 0.920. The van der Waals surface area contributed by atoms with Crippen LogP contribution in [0.3, 0.4) is 0 Å². The van der Waals surface area contributed by atoms with E-state index >= 15 is 0 Å². The van der Waals surface area contributed by atoms with Crippen LogP contribution in [0.2, 0.25) is 0 Å². The average molecular weight is 257 g/mol. The molecule has 2 rings (SSSR count). The maximum Gasteiger partial charge on any atom is -0.172 e. The van der Waals surface area contributed by atoms with Gasteiger partial charge in [0.1, 0.15) is 0 Å². The average Bonchev–Trinajstić information content (AvgIpc) is 2.86. The van der Waals surface area contributed by atoms with E-state index in [2.05, 4.69) is 36.9 Å². The predicted molar refractivity (Wildman–Crippen MR) is 67.9 cm³/mol. The van der Waals surface area contributed by atoms with Crippen LogP contribution < -0.4 is 0 Å². The van der Waals surface area contributed by atoms with Gasteiger partial charge in [-0.15, -0.1) is 12.4 Å². The molecule has 0 N–H and O–H groups in total. The van der Waals surface area contributed by atoms with Crippen molar-refractivity contribution < 1.29 is 20.0 Å². The van der Waals surface area contributed by atoms with Crippen molar-refractivity contribution in [3.05, 3.63) is 59.7 Å². The third kappa shape index (κ3) is 8.56. The van der Waals surface area contributed by atoms with Gasteiger partial charge in [0.15, 0.2) is 0 Å². The van der Waals surface area contributed by atoms with Gasteiger partial charge >= 0.3 is 24.8 Å². The first kappa shape index (κ1) is 17.0. The van der Waals surface area contributed by atoms with Gasteiger partial charge in [-0.1, -0.05) is 13.8 Å². The molecule has 0 nitrogen and oxygen atoms in total. The first-order valence-electron chi connectivity index (χ1n) is 4.51.